The van der Waals surface area contributed by atoms with Crippen LogP contribution in [0, 0.1) is 5.41 Å². The zero-order chi connectivity index (χ0) is 13.1. The third kappa shape index (κ3) is 3.30. The third-order valence-corrected chi connectivity index (χ3v) is 3.80. The van der Waals surface area contributed by atoms with Crippen LogP contribution in [0.1, 0.15) is 64.1 Å². The van der Waals surface area contributed by atoms with Gasteiger partial charge in [0.2, 0.25) is 0 Å². The minimum absolute atomic E-state index is 0.161. The van der Waals surface area contributed by atoms with E-state index in [0.717, 1.165) is 6.42 Å². The van der Waals surface area contributed by atoms with Crippen LogP contribution < -0.4 is 11.3 Å². The number of benzene rings is 1. The molecule has 1 aromatic rings. The molecule has 0 aromatic heterocycles. The summed E-state index contributed by atoms with van der Waals surface area (Å²) in [5.74, 6) is 6.29. The topological polar surface area (TPSA) is 38.0 Å². The van der Waals surface area contributed by atoms with Gasteiger partial charge in [0.05, 0.1) is 6.04 Å². The lowest BCUT2D eigenvalue weighted by Gasteiger charge is -2.33. The average molecular weight is 234 g/mol. The molecule has 1 atom stereocenters. The highest BCUT2D eigenvalue weighted by Crippen LogP contribution is 2.35. The van der Waals surface area contributed by atoms with Crippen LogP contribution in [0.4, 0.5) is 0 Å². The van der Waals surface area contributed by atoms with E-state index in [2.05, 4.69) is 64.3 Å². The third-order valence-electron chi connectivity index (χ3n) is 3.80. The molecule has 0 bridgehead atoms. The predicted molar refractivity (Wildman–Crippen MR) is 74.7 cm³/mol. The molecule has 0 amide bonds. The normalized spacial score (nSPS) is 14.1. The van der Waals surface area contributed by atoms with E-state index in [-0.39, 0.29) is 11.5 Å². The maximum Gasteiger partial charge on any atom is 0.0510 e. The summed E-state index contributed by atoms with van der Waals surface area (Å²) in [6.07, 6.45) is 1.09. The van der Waals surface area contributed by atoms with Crippen molar-refractivity contribution in [1.82, 2.24) is 5.43 Å². The smallest absolute Gasteiger partial charge is 0.0510 e. The van der Waals surface area contributed by atoms with Gasteiger partial charge in [0.15, 0.2) is 0 Å². The molecule has 2 nitrogen and oxygen atoms in total. The fraction of sp³-hybridized carbons (Fsp3) is 0.600. The Hall–Kier alpha value is -0.860. The Balaban J connectivity index is 2.98. The Labute approximate surface area is 106 Å². The minimum atomic E-state index is 0.161. The van der Waals surface area contributed by atoms with Crippen molar-refractivity contribution in [2.24, 2.45) is 11.3 Å². The second-order valence-electron chi connectivity index (χ2n) is 5.76. The monoisotopic (exact) mass is 234 g/mol. The lowest BCUT2D eigenvalue weighted by atomic mass is 9.78. The maximum absolute atomic E-state index is 5.71. The summed E-state index contributed by atoms with van der Waals surface area (Å²) in [6.45, 7) is 11.1. The zero-order valence-corrected chi connectivity index (χ0v) is 11.7. The number of hydrogen-bond donors (Lipinski definition) is 2. The number of nitrogens with one attached hydrogen (secondary N) is 1. The first-order chi connectivity index (χ1) is 7.92. The quantitative estimate of drug-likeness (QED) is 0.601. The van der Waals surface area contributed by atoms with Gasteiger partial charge in [-0.15, -0.1) is 0 Å². The lowest BCUT2D eigenvalue weighted by Crippen LogP contribution is -2.38. The van der Waals surface area contributed by atoms with Crippen LogP contribution >= 0.6 is 0 Å². The van der Waals surface area contributed by atoms with Crippen molar-refractivity contribution in [2.45, 2.75) is 53.0 Å². The molecule has 3 N–H and O–H groups in total. The molecule has 0 radical (unpaired) electrons. The van der Waals surface area contributed by atoms with Gasteiger partial charge in [0, 0.05) is 0 Å². The molecule has 17 heavy (non-hydrogen) atoms. The SMILES string of the molecule is CCC(C)(C)C(NN)c1ccc(C(C)C)cc1. The van der Waals surface area contributed by atoms with Gasteiger partial charge in [-0.2, -0.15) is 0 Å². The molecule has 0 fully saturated rings. The predicted octanol–water partition coefficient (Wildman–Crippen LogP) is 3.75. The van der Waals surface area contributed by atoms with Crippen LogP contribution in [0.5, 0.6) is 0 Å². The van der Waals surface area contributed by atoms with Crippen molar-refractivity contribution >= 4 is 0 Å². The Morgan fingerprint density at radius 3 is 1.94 bits per heavy atom. The highest BCUT2D eigenvalue weighted by Gasteiger charge is 2.28. The summed E-state index contributed by atoms with van der Waals surface area (Å²) < 4.78 is 0. The molecule has 2 heteroatoms. The van der Waals surface area contributed by atoms with E-state index in [1.807, 2.05) is 0 Å². The fourth-order valence-electron chi connectivity index (χ4n) is 2.05. The molecular formula is C15H26N2. The van der Waals surface area contributed by atoms with Crippen molar-refractivity contribution in [3.8, 4) is 0 Å². The molecule has 0 aliphatic heterocycles. The average Bonchev–Trinajstić information content (AvgIpc) is 2.30. The molecule has 0 saturated heterocycles. The van der Waals surface area contributed by atoms with E-state index in [9.17, 15) is 0 Å². The van der Waals surface area contributed by atoms with E-state index in [4.69, 9.17) is 5.84 Å². The Bertz CT molecular complexity index is 338. The molecule has 1 unspecified atom stereocenters. The van der Waals surface area contributed by atoms with Crippen molar-refractivity contribution in [1.29, 1.82) is 0 Å². The van der Waals surface area contributed by atoms with Crippen molar-refractivity contribution < 1.29 is 0 Å². The van der Waals surface area contributed by atoms with Gasteiger partial charge in [0.1, 0.15) is 0 Å². The van der Waals surface area contributed by atoms with Gasteiger partial charge >= 0.3 is 0 Å². The minimum Gasteiger partial charge on any atom is -0.271 e. The molecule has 96 valence electrons. The van der Waals surface area contributed by atoms with Crippen molar-refractivity contribution in [3.05, 3.63) is 35.4 Å². The van der Waals surface area contributed by atoms with Crippen molar-refractivity contribution in [3.63, 3.8) is 0 Å². The number of hydrogen-bond acceptors (Lipinski definition) is 2. The van der Waals surface area contributed by atoms with E-state index >= 15 is 0 Å². The summed E-state index contributed by atoms with van der Waals surface area (Å²) >= 11 is 0. The van der Waals surface area contributed by atoms with E-state index in [0.29, 0.717) is 5.92 Å². The van der Waals surface area contributed by atoms with Gasteiger partial charge in [-0.25, -0.2) is 0 Å². The van der Waals surface area contributed by atoms with Crippen LogP contribution in [0.3, 0.4) is 0 Å². The summed E-state index contributed by atoms with van der Waals surface area (Å²) in [4.78, 5) is 0. The molecule has 1 rings (SSSR count). The van der Waals surface area contributed by atoms with Crippen LogP contribution in [0.25, 0.3) is 0 Å². The number of rotatable bonds is 5. The number of hydrazine groups is 1. The highest BCUT2D eigenvalue weighted by atomic mass is 15.2. The van der Waals surface area contributed by atoms with Crippen LogP contribution in [0.15, 0.2) is 24.3 Å². The second kappa shape index (κ2) is 5.65. The molecule has 0 heterocycles. The standard InChI is InChI=1S/C15H26N2/c1-6-15(4,5)14(17-16)13-9-7-12(8-10-13)11(2)3/h7-11,14,17H,6,16H2,1-5H3. The fourth-order valence-corrected chi connectivity index (χ4v) is 2.05. The number of nitrogens with two attached hydrogens (primary N) is 1. The maximum atomic E-state index is 5.71. The molecule has 0 aliphatic rings. The largest absolute Gasteiger partial charge is 0.271 e. The van der Waals surface area contributed by atoms with Gasteiger partial charge < -0.3 is 0 Å². The van der Waals surface area contributed by atoms with E-state index in [1.165, 1.54) is 11.1 Å². The Morgan fingerprint density at radius 1 is 1.12 bits per heavy atom. The molecule has 0 aliphatic carbocycles. The highest BCUT2D eigenvalue weighted by molar-refractivity contribution is 5.27. The summed E-state index contributed by atoms with van der Waals surface area (Å²) in [7, 11) is 0. The Kier molecular flexibility index (Phi) is 4.72. The van der Waals surface area contributed by atoms with Crippen LogP contribution in [-0.2, 0) is 0 Å². The first kappa shape index (κ1) is 14.2. The second-order valence-corrected chi connectivity index (χ2v) is 5.76. The van der Waals surface area contributed by atoms with Gasteiger partial charge in [-0.1, -0.05) is 58.9 Å². The van der Waals surface area contributed by atoms with Gasteiger partial charge in [-0.3, -0.25) is 11.3 Å². The van der Waals surface area contributed by atoms with E-state index in [1.54, 1.807) is 0 Å². The Morgan fingerprint density at radius 2 is 1.59 bits per heavy atom. The van der Waals surface area contributed by atoms with Crippen molar-refractivity contribution in [2.75, 3.05) is 0 Å². The van der Waals surface area contributed by atoms with Crippen LogP contribution in [0.2, 0.25) is 0 Å². The molecule has 1 aromatic carbocycles. The van der Waals surface area contributed by atoms with Gasteiger partial charge in [0.25, 0.3) is 0 Å². The lowest BCUT2D eigenvalue weighted by molar-refractivity contribution is 0.236. The van der Waals surface area contributed by atoms with E-state index < -0.39 is 0 Å². The molecular weight excluding hydrogens is 208 g/mol. The first-order valence-corrected chi connectivity index (χ1v) is 6.48. The summed E-state index contributed by atoms with van der Waals surface area (Å²) in [5.41, 5.74) is 5.76. The first-order valence-electron chi connectivity index (χ1n) is 6.48. The molecule has 0 spiro atoms. The van der Waals surface area contributed by atoms with Gasteiger partial charge in [-0.05, 0) is 28.9 Å². The summed E-state index contributed by atoms with van der Waals surface area (Å²) in [6, 6.07) is 8.99. The zero-order valence-electron chi connectivity index (χ0n) is 11.7. The van der Waals surface area contributed by atoms with Crippen LogP contribution in [-0.4, -0.2) is 0 Å². The summed E-state index contributed by atoms with van der Waals surface area (Å²) in [5, 5.41) is 0. The molecule has 0 saturated carbocycles.